The molecule has 1 aromatic rings. The van der Waals surface area contributed by atoms with Gasteiger partial charge in [-0.05, 0) is 64.1 Å². The van der Waals surface area contributed by atoms with Crippen LogP contribution in [0.4, 0.5) is 0 Å². The third-order valence-electron chi connectivity index (χ3n) is 4.77. The molecule has 2 nitrogen and oxygen atoms in total. The molecule has 23 heavy (non-hydrogen) atoms. The maximum absolute atomic E-state index is 10.8. The summed E-state index contributed by atoms with van der Waals surface area (Å²) in [6, 6.07) is 3.03. The predicted octanol–water partition coefficient (Wildman–Crippen LogP) is 5.74. The maximum Gasteiger partial charge on any atom is 0.127 e. The summed E-state index contributed by atoms with van der Waals surface area (Å²) >= 11 is 0. The molecule has 0 bridgehead atoms. The molecule has 1 heterocycles. The van der Waals surface area contributed by atoms with Gasteiger partial charge >= 0.3 is 0 Å². The number of hydrogen-bond donors (Lipinski definition) is 1. The first-order valence-electron chi connectivity index (χ1n) is 11.0. The van der Waals surface area contributed by atoms with Gasteiger partial charge in [-0.15, -0.1) is 0 Å². The highest BCUT2D eigenvalue weighted by atomic mass is 16.5. The highest BCUT2D eigenvalue weighted by Gasteiger charge is 2.45. The van der Waals surface area contributed by atoms with Crippen LogP contribution < -0.4 is 4.74 Å². The van der Waals surface area contributed by atoms with Gasteiger partial charge < -0.3 is 9.84 Å². The lowest BCUT2D eigenvalue weighted by Gasteiger charge is -2.46. The molecular weight excluding hydrogens is 284 g/mol. The van der Waals surface area contributed by atoms with Crippen molar-refractivity contribution in [2.75, 3.05) is 0 Å². The number of aromatic hydroxyl groups is 1. The van der Waals surface area contributed by atoms with Crippen LogP contribution in [0.2, 0.25) is 0 Å². The Kier molecular flexibility index (Phi) is 3.02. The fourth-order valence-electron chi connectivity index (χ4n) is 3.46. The van der Waals surface area contributed by atoms with Crippen molar-refractivity contribution in [1.29, 1.82) is 0 Å². The minimum atomic E-state index is -1.60. The molecule has 1 aliphatic heterocycles. The van der Waals surface area contributed by atoms with Gasteiger partial charge in [-0.25, -0.2) is 0 Å². The number of unbranched alkanes of at least 4 members (excludes halogenated alkanes) is 1. The molecule has 126 valence electrons. The summed E-state index contributed by atoms with van der Waals surface area (Å²) in [5, 5.41) is 10.8. The molecule has 2 heteroatoms. The second kappa shape index (κ2) is 6.22. The molecule has 0 saturated carbocycles. The largest absolute Gasteiger partial charge is 0.507 e. The molecule has 0 unspecified atom stereocenters. The van der Waals surface area contributed by atoms with E-state index in [0.717, 1.165) is 12.8 Å². The molecule has 0 fully saturated rings. The molecule has 3 rings (SSSR count). The van der Waals surface area contributed by atoms with Crippen molar-refractivity contribution in [1.82, 2.24) is 0 Å². The standard InChI is InChI=1S/C21H30O2/c1-5-6-7-8-15-12-18(22)20-16-11-14(2)9-10-17(16)21(3,4)23-19(20)13-15/h11-13,16-17,22H,5-10H2,1-4H3/t16-,17-/m1/s1/i8D2,9D2,16D. The molecular formula is C21H30O2. The van der Waals surface area contributed by atoms with Crippen LogP contribution >= 0.6 is 0 Å². The molecule has 2 aliphatic rings. The lowest BCUT2D eigenvalue weighted by Crippen LogP contribution is -2.45. The zero-order valence-electron chi connectivity index (χ0n) is 19.5. The van der Waals surface area contributed by atoms with Crippen molar-refractivity contribution in [2.24, 2.45) is 5.92 Å². The first-order valence-corrected chi connectivity index (χ1v) is 8.51. The number of allylic oxidation sites excluding steroid dienone is 2. The number of benzene rings is 1. The second-order valence-electron chi connectivity index (χ2n) is 7.07. The van der Waals surface area contributed by atoms with Crippen LogP contribution in [0.25, 0.3) is 0 Å². The minimum Gasteiger partial charge on any atom is -0.507 e. The van der Waals surface area contributed by atoms with Crippen LogP contribution in [-0.2, 0) is 6.37 Å². The number of ether oxygens (including phenoxy) is 1. The summed E-state index contributed by atoms with van der Waals surface area (Å²) in [5.41, 5.74) is 0.299. The molecule has 1 aromatic carbocycles. The summed E-state index contributed by atoms with van der Waals surface area (Å²) in [5.74, 6) is -1.65. The van der Waals surface area contributed by atoms with Gasteiger partial charge in [-0.2, -0.15) is 0 Å². The van der Waals surface area contributed by atoms with Crippen molar-refractivity contribution in [2.45, 2.75) is 77.6 Å². The Morgan fingerprint density at radius 3 is 2.96 bits per heavy atom. The Morgan fingerprint density at radius 1 is 1.43 bits per heavy atom. The number of hydrogen-bond acceptors (Lipinski definition) is 2. The average molecular weight is 319 g/mol. The van der Waals surface area contributed by atoms with Gasteiger partial charge in [0.1, 0.15) is 17.1 Å². The van der Waals surface area contributed by atoms with Gasteiger partial charge in [-0.3, -0.25) is 0 Å². The monoisotopic (exact) mass is 319 g/mol. The Hall–Kier alpha value is -1.44. The van der Waals surface area contributed by atoms with Crippen LogP contribution in [0.5, 0.6) is 11.5 Å². The smallest absolute Gasteiger partial charge is 0.127 e. The van der Waals surface area contributed by atoms with E-state index in [2.05, 4.69) is 0 Å². The van der Waals surface area contributed by atoms with Crippen molar-refractivity contribution in [3.63, 3.8) is 0 Å². The van der Waals surface area contributed by atoms with E-state index in [0.29, 0.717) is 28.9 Å². The first-order chi connectivity index (χ1) is 12.7. The molecule has 1 aliphatic carbocycles. The molecule has 0 spiro atoms. The summed E-state index contributed by atoms with van der Waals surface area (Å²) in [6.07, 6.45) is 0.568. The first kappa shape index (κ1) is 11.2. The average Bonchev–Trinajstić information content (AvgIpc) is 2.54. The van der Waals surface area contributed by atoms with Crippen LogP contribution in [0.15, 0.2) is 23.8 Å². The zero-order chi connectivity index (χ0) is 21.1. The van der Waals surface area contributed by atoms with Crippen molar-refractivity contribution >= 4 is 0 Å². The number of rotatable bonds is 4. The van der Waals surface area contributed by atoms with Gasteiger partial charge in [0.15, 0.2) is 0 Å². The van der Waals surface area contributed by atoms with Crippen molar-refractivity contribution < 1.29 is 16.7 Å². The Labute approximate surface area is 147 Å². The molecule has 0 aromatic heterocycles. The number of aryl methyl sites for hydroxylation is 1. The van der Waals surface area contributed by atoms with E-state index in [1.807, 2.05) is 20.8 Å². The second-order valence-corrected chi connectivity index (χ2v) is 7.07. The van der Waals surface area contributed by atoms with E-state index in [9.17, 15) is 6.48 Å². The van der Waals surface area contributed by atoms with E-state index in [1.54, 1.807) is 19.1 Å². The fraction of sp³-hybridized carbons (Fsp3) is 0.619. The summed E-state index contributed by atoms with van der Waals surface area (Å²) < 4.78 is 48.7. The van der Waals surface area contributed by atoms with Crippen molar-refractivity contribution in [3.8, 4) is 11.5 Å². The van der Waals surface area contributed by atoms with E-state index in [-0.39, 0.29) is 12.2 Å². The Bertz CT molecular complexity index is 815. The lowest BCUT2D eigenvalue weighted by atomic mass is 9.68. The Balaban J connectivity index is 2.19. The minimum absolute atomic E-state index is 0.129. The van der Waals surface area contributed by atoms with Crippen LogP contribution in [-0.4, -0.2) is 10.7 Å². The Morgan fingerprint density at radius 2 is 2.22 bits per heavy atom. The van der Waals surface area contributed by atoms with Gasteiger partial charge in [0.25, 0.3) is 0 Å². The molecule has 0 saturated heterocycles. The summed E-state index contributed by atoms with van der Waals surface area (Å²) in [7, 11) is 0. The van der Waals surface area contributed by atoms with Crippen LogP contribution in [0, 0.1) is 5.92 Å². The van der Waals surface area contributed by atoms with Gasteiger partial charge in [0.2, 0.25) is 0 Å². The van der Waals surface area contributed by atoms with E-state index < -0.39 is 30.2 Å². The topological polar surface area (TPSA) is 29.5 Å². The summed E-state index contributed by atoms with van der Waals surface area (Å²) in [6.45, 7) is 7.36. The highest BCUT2D eigenvalue weighted by molar-refractivity contribution is 5.53. The quantitative estimate of drug-likeness (QED) is 0.717. The van der Waals surface area contributed by atoms with E-state index >= 15 is 0 Å². The van der Waals surface area contributed by atoms with E-state index in [1.165, 1.54) is 6.07 Å². The molecule has 0 radical (unpaired) electrons. The third kappa shape index (κ3) is 3.13. The van der Waals surface area contributed by atoms with Gasteiger partial charge in [0, 0.05) is 24.2 Å². The molecule has 1 N–H and O–H groups in total. The predicted molar refractivity (Wildman–Crippen MR) is 95.3 cm³/mol. The number of fused-ring (bicyclic) bond motifs is 3. The highest BCUT2D eigenvalue weighted by Crippen LogP contribution is 2.53. The maximum atomic E-state index is 10.8. The number of phenolic OH excluding ortho intramolecular Hbond substituents is 1. The fourth-order valence-corrected chi connectivity index (χ4v) is 3.46. The van der Waals surface area contributed by atoms with Gasteiger partial charge in [-0.1, -0.05) is 31.4 Å². The third-order valence-corrected chi connectivity index (χ3v) is 4.77. The van der Waals surface area contributed by atoms with E-state index in [4.69, 9.17) is 10.2 Å². The van der Waals surface area contributed by atoms with Gasteiger partial charge in [0.05, 0.1) is 0 Å². The number of phenols is 1. The molecule has 2 atom stereocenters. The normalized spacial score (nSPS) is 34.3. The van der Waals surface area contributed by atoms with Crippen LogP contribution in [0.1, 0.15) is 83.6 Å². The zero-order valence-corrected chi connectivity index (χ0v) is 14.5. The molecule has 0 amide bonds. The lowest BCUT2D eigenvalue weighted by molar-refractivity contribution is 0.0107. The SMILES string of the molecule is [2H]C1([2H])C[C@H]2C(C)(C)Oc3cc(C([2H])([2H])CCCC)cc(O)c3[C@]2([2H])C=C1C. The summed E-state index contributed by atoms with van der Waals surface area (Å²) in [4.78, 5) is 0. The van der Waals surface area contributed by atoms with Crippen LogP contribution in [0.3, 0.4) is 0 Å². The van der Waals surface area contributed by atoms with Crippen molar-refractivity contribution in [3.05, 3.63) is 34.9 Å².